The van der Waals surface area contributed by atoms with E-state index in [2.05, 4.69) is 195 Å². The average Bonchev–Trinajstić information content (AvgIpc) is 3.58. The van der Waals surface area contributed by atoms with Crippen LogP contribution in [0.5, 0.6) is 0 Å². The number of aryl methyl sites for hydroxylation is 16. The number of aromatic nitrogens is 8. The molecule has 0 N–H and O–H groups in total. The third-order valence-corrected chi connectivity index (χ3v) is 17.1. The second-order valence-corrected chi connectivity index (χ2v) is 19.9. The summed E-state index contributed by atoms with van der Waals surface area (Å²) in [5.74, 6) is 2.01. The van der Waals surface area contributed by atoms with Crippen molar-refractivity contribution in [2.45, 2.75) is 159 Å². The van der Waals surface area contributed by atoms with Crippen molar-refractivity contribution in [1.82, 2.24) is 19.5 Å². The van der Waals surface area contributed by atoms with E-state index in [4.69, 9.17) is 4.98 Å². The predicted octanol–water partition coefficient (Wildman–Crippen LogP) is 11.3. The number of fused-ring (bicyclic) bond motifs is 4. The molecule has 0 spiro atoms. The first-order valence-corrected chi connectivity index (χ1v) is 24.1. The zero-order valence-corrected chi connectivity index (χ0v) is 47.1. The van der Waals surface area contributed by atoms with Gasteiger partial charge in [0, 0.05) is 83.0 Å². The molecule has 0 fully saturated rings. The topological polar surface area (TPSA) is 59.1 Å². The highest BCUT2D eigenvalue weighted by atomic mass is 15.2. The summed E-state index contributed by atoms with van der Waals surface area (Å²) in [4.78, 5) is 13.8. The molecule has 0 unspecified atom stereocenters. The number of rotatable bonds is 0. The number of hydrogen-bond acceptors (Lipinski definition) is 3. The lowest BCUT2D eigenvalue weighted by Crippen LogP contribution is -2.37. The molecule has 0 atom stereocenters. The van der Waals surface area contributed by atoms with Crippen molar-refractivity contribution in [3.63, 3.8) is 0 Å². The Balaban J connectivity index is 0.000000168. The molecule has 0 aliphatic rings. The first kappa shape index (κ1) is 52.3. The van der Waals surface area contributed by atoms with Gasteiger partial charge >= 0.3 is 0 Å². The summed E-state index contributed by atoms with van der Waals surface area (Å²) in [7, 11) is 10.5. The first-order chi connectivity index (χ1) is 30.9. The maximum atomic E-state index is 4.78. The monoisotopic (exact) mass is 905 g/mol. The van der Waals surface area contributed by atoms with Gasteiger partial charge in [0.05, 0.1) is 17.8 Å². The molecule has 0 aliphatic carbocycles. The summed E-state index contributed by atoms with van der Waals surface area (Å²) in [5, 5.41) is 5.81. The van der Waals surface area contributed by atoms with Crippen molar-refractivity contribution >= 4 is 43.7 Å². The molecular formula is C59H84N8+4. The van der Waals surface area contributed by atoms with Crippen molar-refractivity contribution in [2.75, 3.05) is 0 Å². The van der Waals surface area contributed by atoms with Crippen LogP contribution in [-0.2, 0) is 35.2 Å². The van der Waals surface area contributed by atoms with Crippen molar-refractivity contribution in [3.8, 4) is 0 Å². The zero-order valence-electron chi connectivity index (χ0n) is 47.1. The summed E-state index contributed by atoms with van der Waals surface area (Å²) in [5.41, 5.74) is 33.1. The van der Waals surface area contributed by atoms with Gasteiger partial charge in [-0.15, -0.1) is 0 Å². The smallest absolute Gasteiger partial charge is 0.295 e. The van der Waals surface area contributed by atoms with Crippen LogP contribution in [0.3, 0.4) is 0 Å². The predicted molar refractivity (Wildman–Crippen MR) is 282 cm³/mol. The van der Waals surface area contributed by atoms with Gasteiger partial charge in [-0.1, -0.05) is 0 Å². The lowest BCUT2D eigenvalue weighted by Gasteiger charge is -2.17. The van der Waals surface area contributed by atoms with E-state index in [1.807, 2.05) is 32.5 Å². The van der Waals surface area contributed by atoms with Crippen LogP contribution in [0.15, 0.2) is 0 Å². The van der Waals surface area contributed by atoms with Gasteiger partial charge in [-0.3, -0.25) is 4.57 Å². The quantitative estimate of drug-likeness (QED) is 0.142. The molecule has 0 saturated carbocycles. The van der Waals surface area contributed by atoms with Crippen LogP contribution in [0.4, 0.5) is 0 Å². The Morgan fingerprint density at radius 1 is 0.299 bits per heavy atom. The number of imidazole rings is 1. The molecular weight excluding hydrogens is 821 g/mol. The minimum absolute atomic E-state index is 0.968. The molecule has 8 nitrogen and oxygen atoms in total. The van der Waals surface area contributed by atoms with E-state index in [0.29, 0.717) is 0 Å². The number of hydrogen-bond donors (Lipinski definition) is 0. The fraction of sp³-hybridized carbons (Fsp3) is 0.475. The Morgan fingerprint density at radius 3 is 1.09 bits per heavy atom. The Hall–Kier alpha value is -5.63. The van der Waals surface area contributed by atoms with Gasteiger partial charge in [0.15, 0.2) is 34.0 Å². The first-order valence-electron chi connectivity index (χ1n) is 24.1. The van der Waals surface area contributed by atoms with Gasteiger partial charge in [0.2, 0.25) is 5.52 Å². The van der Waals surface area contributed by atoms with Crippen molar-refractivity contribution in [1.29, 1.82) is 0 Å². The molecule has 5 heterocycles. The van der Waals surface area contributed by atoms with Crippen molar-refractivity contribution in [3.05, 3.63) is 129 Å². The highest BCUT2D eigenvalue weighted by Gasteiger charge is 2.24. The van der Waals surface area contributed by atoms with E-state index in [-0.39, 0.29) is 0 Å². The van der Waals surface area contributed by atoms with Crippen LogP contribution < -0.4 is 18.3 Å². The molecule has 0 aliphatic heterocycles. The van der Waals surface area contributed by atoms with Gasteiger partial charge in [0.25, 0.3) is 11.5 Å². The summed E-state index contributed by atoms with van der Waals surface area (Å²) >= 11 is 0. The second kappa shape index (κ2) is 19.2. The van der Waals surface area contributed by atoms with E-state index in [0.717, 1.165) is 39.7 Å². The van der Waals surface area contributed by atoms with Crippen LogP contribution in [0.1, 0.15) is 129 Å². The molecule has 3 aromatic carbocycles. The third-order valence-electron chi connectivity index (χ3n) is 17.1. The molecule has 0 bridgehead atoms. The second-order valence-electron chi connectivity index (χ2n) is 19.9. The molecule has 8 rings (SSSR count). The molecule has 0 radical (unpaired) electrons. The van der Waals surface area contributed by atoms with Crippen molar-refractivity contribution < 1.29 is 18.3 Å². The number of nitrogens with zero attached hydrogens (tertiary/aromatic N) is 8. The SMILES string of the molecule is Cc1c(C)c(C)c2c(C)[n+](C)c(C)c(C)c2c1C.Cc1c(C)c(C)c2c(C)[n+](C)c(C)c(C)c2c1C.Cc1nc2c(C)[n+](C)c(C)nc2n1C.Cc1nc2c(C)c(C)c(C)c(C)c2[n+](C)c1C. The van der Waals surface area contributed by atoms with Crippen LogP contribution in [0, 0.1) is 159 Å². The lowest BCUT2D eigenvalue weighted by atomic mass is 9.88. The highest BCUT2D eigenvalue weighted by Crippen LogP contribution is 2.34. The van der Waals surface area contributed by atoms with Gasteiger partial charge in [-0.05, 0) is 177 Å². The minimum Gasteiger partial charge on any atom is -0.295 e. The van der Waals surface area contributed by atoms with E-state index in [1.54, 1.807) is 0 Å². The molecule has 8 aromatic rings. The summed E-state index contributed by atoms with van der Waals surface area (Å²) in [6.45, 7) is 50.4. The Bertz CT molecular complexity index is 3010. The summed E-state index contributed by atoms with van der Waals surface area (Å²) in [6, 6.07) is 0. The van der Waals surface area contributed by atoms with Gasteiger partial charge in [-0.2, -0.15) is 4.57 Å². The van der Waals surface area contributed by atoms with E-state index in [9.17, 15) is 0 Å². The van der Waals surface area contributed by atoms with Crippen LogP contribution in [0.2, 0.25) is 0 Å². The largest absolute Gasteiger partial charge is 0.298 e. The number of pyridine rings is 2. The fourth-order valence-corrected chi connectivity index (χ4v) is 10.2. The highest BCUT2D eigenvalue weighted by molar-refractivity contribution is 5.95. The Morgan fingerprint density at radius 2 is 0.672 bits per heavy atom. The fourth-order valence-electron chi connectivity index (χ4n) is 10.2. The van der Waals surface area contributed by atoms with Gasteiger partial charge in [0.1, 0.15) is 43.9 Å². The Labute approximate surface area is 403 Å². The molecule has 8 heteroatoms. The molecule has 0 amide bonds. The minimum atomic E-state index is 0.968. The van der Waals surface area contributed by atoms with Gasteiger partial charge < -0.3 is 0 Å². The molecule has 356 valence electrons. The van der Waals surface area contributed by atoms with E-state index >= 15 is 0 Å². The van der Waals surface area contributed by atoms with Gasteiger partial charge in [-0.25, -0.2) is 23.7 Å². The summed E-state index contributed by atoms with van der Waals surface area (Å²) in [6.07, 6.45) is 0. The maximum absolute atomic E-state index is 4.78. The van der Waals surface area contributed by atoms with Crippen LogP contribution in [0.25, 0.3) is 43.7 Å². The van der Waals surface area contributed by atoms with Crippen molar-refractivity contribution in [2.24, 2.45) is 35.2 Å². The lowest BCUT2D eigenvalue weighted by molar-refractivity contribution is -0.685. The molecule has 0 saturated heterocycles. The third kappa shape index (κ3) is 8.63. The van der Waals surface area contributed by atoms with E-state index in [1.165, 1.54) is 133 Å². The average molecular weight is 905 g/mol. The van der Waals surface area contributed by atoms with E-state index < -0.39 is 0 Å². The number of benzene rings is 3. The standard InChI is InChI=1S/2C17H24N.C15H21N2.C10H15N4/c2*1-9-10(2)12(4)17-15(7)18(8)14(6)13(5)16(17)11(9)3;1-8-9(2)11(4)15-14(10(8)3)16-12(5)13(6)17(15)7;1-6-9-10(12-8(3)13(6)4)14(5)7(2)11-9/h2*1-8H3;1-7H3;1-5H3/q4*+1. The maximum Gasteiger partial charge on any atom is 0.298 e. The van der Waals surface area contributed by atoms with Crippen LogP contribution >= 0.6 is 0 Å². The normalized spacial score (nSPS) is 11.3. The Kier molecular flexibility index (Phi) is 15.0. The van der Waals surface area contributed by atoms with Crippen LogP contribution in [-0.4, -0.2) is 19.5 Å². The zero-order chi connectivity index (χ0) is 50.9. The molecule has 67 heavy (non-hydrogen) atoms. The summed E-state index contributed by atoms with van der Waals surface area (Å²) < 4.78 is 11.0. The molecule has 5 aromatic heterocycles.